The van der Waals surface area contributed by atoms with Gasteiger partial charge < -0.3 is 24.3 Å². The van der Waals surface area contributed by atoms with Crippen molar-refractivity contribution in [1.29, 1.82) is 0 Å². The molecule has 2 N–H and O–H groups in total. The topological polar surface area (TPSA) is 115 Å². The average Bonchev–Trinajstić information content (AvgIpc) is 3.08. The van der Waals surface area contributed by atoms with E-state index in [1.54, 1.807) is 64.1 Å². The molecule has 0 radical (unpaired) electrons. The minimum Gasteiger partial charge on any atom is -0.480 e. The second-order valence-electron chi connectivity index (χ2n) is 7.27. The molecule has 0 saturated heterocycles. The average molecular weight is 403 g/mol. The number of benzene rings is 1. The largest absolute Gasteiger partial charge is 0.480 e. The van der Waals surface area contributed by atoms with Gasteiger partial charge in [-0.2, -0.15) is 0 Å². The number of alkyl carbamates (subject to hydrolysis) is 1. The van der Waals surface area contributed by atoms with Crippen molar-refractivity contribution < 1.29 is 33.4 Å². The number of carboxylic acids is 1. The highest BCUT2D eigenvalue weighted by molar-refractivity contribution is 5.96. The van der Waals surface area contributed by atoms with Gasteiger partial charge in [-0.05, 0) is 45.9 Å². The summed E-state index contributed by atoms with van der Waals surface area (Å²) in [5.41, 5.74) is 0.128. The molecule has 1 aromatic carbocycles. The van der Waals surface area contributed by atoms with Crippen molar-refractivity contribution in [3.63, 3.8) is 0 Å². The van der Waals surface area contributed by atoms with E-state index < -0.39 is 29.7 Å². The Morgan fingerprint density at radius 3 is 2.45 bits per heavy atom. The molecule has 1 amide bonds. The highest BCUT2D eigenvalue weighted by Gasteiger charge is 2.26. The summed E-state index contributed by atoms with van der Waals surface area (Å²) in [6, 6.07) is 8.81. The lowest BCUT2D eigenvalue weighted by Crippen LogP contribution is -2.44. The molecule has 0 aliphatic carbocycles. The first-order valence-electron chi connectivity index (χ1n) is 9.18. The van der Waals surface area contributed by atoms with Gasteiger partial charge in [0.05, 0.1) is 12.2 Å². The van der Waals surface area contributed by atoms with E-state index in [0.717, 1.165) is 0 Å². The molecular weight excluding hydrogens is 378 g/mol. The van der Waals surface area contributed by atoms with Crippen molar-refractivity contribution in [2.45, 2.75) is 45.8 Å². The van der Waals surface area contributed by atoms with Gasteiger partial charge in [-0.15, -0.1) is 0 Å². The van der Waals surface area contributed by atoms with Crippen molar-refractivity contribution in [2.24, 2.45) is 0 Å². The number of ether oxygens (including phenoxy) is 2. The van der Waals surface area contributed by atoms with Gasteiger partial charge in [-0.25, -0.2) is 14.4 Å². The Bertz CT molecular complexity index is 879. The number of carboxylic acid groups (broad SMARTS) is 1. The zero-order valence-electron chi connectivity index (χ0n) is 16.9. The van der Waals surface area contributed by atoms with E-state index >= 15 is 0 Å². The summed E-state index contributed by atoms with van der Waals surface area (Å²) in [6.45, 7) is 7.01. The monoisotopic (exact) mass is 403 g/mol. The van der Waals surface area contributed by atoms with E-state index in [-0.39, 0.29) is 13.0 Å². The summed E-state index contributed by atoms with van der Waals surface area (Å²) < 4.78 is 15.9. The van der Waals surface area contributed by atoms with Crippen molar-refractivity contribution in [3.05, 3.63) is 47.7 Å². The standard InChI is InChI=1S/C21H25NO7/c1-5-27-19(25)15-9-7-6-8-14(15)17-11-10-13(28-17)12-16(18(23)24)22-20(26)29-21(2,3)4/h6-11,16H,5,12H2,1-4H3,(H,22,26)(H,23,24). The third-order valence-corrected chi connectivity index (χ3v) is 3.74. The van der Waals surface area contributed by atoms with Crippen LogP contribution < -0.4 is 5.32 Å². The number of hydrogen-bond acceptors (Lipinski definition) is 6. The lowest BCUT2D eigenvalue weighted by atomic mass is 10.1. The molecule has 0 aliphatic rings. The quantitative estimate of drug-likeness (QED) is 0.678. The predicted octanol–water partition coefficient (Wildman–Crippen LogP) is 3.64. The maximum Gasteiger partial charge on any atom is 0.408 e. The first kappa shape index (κ1) is 22.0. The molecule has 1 atom stereocenters. The van der Waals surface area contributed by atoms with E-state index in [9.17, 15) is 19.5 Å². The van der Waals surface area contributed by atoms with Gasteiger partial charge in [-0.3, -0.25) is 0 Å². The maximum absolute atomic E-state index is 12.1. The highest BCUT2D eigenvalue weighted by Crippen LogP contribution is 2.27. The molecule has 29 heavy (non-hydrogen) atoms. The van der Waals surface area contributed by atoms with Crippen molar-refractivity contribution in [2.75, 3.05) is 6.61 Å². The predicted molar refractivity (Wildman–Crippen MR) is 105 cm³/mol. The molecule has 2 aromatic rings. The number of hydrogen-bond donors (Lipinski definition) is 2. The van der Waals surface area contributed by atoms with Gasteiger partial charge in [0, 0.05) is 12.0 Å². The highest BCUT2D eigenvalue weighted by atomic mass is 16.6. The van der Waals surface area contributed by atoms with E-state index in [1.165, 1.54) is 0 Å². The van der Waals surface area contributed by atoms with Crippen LogP contribution >= 0.6 is 0 Å². The van der Waals surface area contributed by atoms with E-state index in [1.807, 2.05) is 0 Å². The molecule has 1 aromatic heterocycles. The lowest BCUT2D eigenvalue weighted by molar-refractivity contribution is -0.139. The van der Waals surface area contributed by atoms with Crippen LogP contribution in [0, 0.1) is 0 Å². The summed E-state index contributed by atoms with van der Waals surface area (Å²) in [6.07, 6.45) is -0.916. The van der Waals surface area contributed by atoms with Crippen LogP contribution in [-0.2, 0) is 20.7 Å². The summed E-state index contributed by atoms with van der Waals surface area (Å²) in [7, 11) is 0. The second kappa shape index (κ2) is 9.27. The fourth-order valence-electron chi connectivity index (χ4n) is 2.57. The Morgan fingerprint density at radius 1 is 1.14 bits per heavy atom. The molecule has 0 bridgehead atoms. The van der Waals surface area contributed by atoms with Crippen molar-refractivity contribution >= 4 is 18.0 Å². The van der Waals surface area contributed by atoms with E-state index in [2.05, 4.69) is 5.32 Å². The van der Waals surface area contributed by atoms with Gasteiger partial charge >= 0.3 is 18.0 Å². The molecule has 2 rings (SSSR count). The fourth-order valence-corrected chi connectivity index (χ4v) is 2.57. The Balaban J connectivity index is 2.18. The number of rotatable bonds is 7. The van der Waals surface area contributed by atoms with E-state index in [4.69, 9.17) is 13.9 Å². The SMILES string of the molecule is CCOC(=O)c1ccccc1-c1ccc(CC(NC(=O)OC(C)(C)C)C(=O)O)o1. The molecule has 0 spiro atoms. The van der Waals surface area contributed by atoms with Crippen LogP contribution in [0.5, 0.6) is 0 Å². The molecule has 156 valence electrons. The lowest BCUT2D eigenvalue weighted by Gasteiger charge is -2.21. The number of carbonyl (C=O) groups excluding carboxylic acids is 2. The Hall–Kier alpha value is -3.29. The zero-order valence-corrected chi connectivity index (χ0v) is 16.9. The number of esters is 1. The summed E-state index contributed by atoms with van der Waals surface area (Å²) >= 11 is 0. The Morgan fingerprint density at radius 2 is 1.83 bits per heavy atom. The van der Waals surface area contributed by atoms with Gasteiger partial charge in [0.15, 0.2) is 0 Å². The first-order valence-corrected chi connectivity index (χ1v) is 9.18. The van der Waals surface area contributed by atoms with Crippen LogP contribution in [0.15, 0.2) is 40.8 Å². The molecule has 0 fully saturated rings. The van der Waals surface area contributed by atoms with Crippen molar-refractivity contribution in [3.8, 4) is 11.3 Å². The second-order valence-corrected chi connectivity index (χ2v) is 7.27. The molecule has 0 saturated carbocycles. The minimum atomic E-state index is -1.23. The fraction of sp³-hybridized carbons (Fsp3) is 0.381. The van der Waals surface area contributed by atoms with Crippen molar-refractivity contribution in [1.82, 2.24) is 5.32 Å². The molecule has 1 unspecified atom stereocenters. The van der Waals surface area contributed by atoms with Crippen LogP contribution in [0.2, 0.25) is 0 Å². The number of carbonyl (C=O) groups is 3. The molecular formula is C21H25NO7. The molecule has 8 nitrogen and oxygen atoms in total. The van der Waals surface area contributed by atoms with Gasteiger partial charge in [0.1, 0.15) is 23.2 Å². The summed E-state index contributed by atoms with van der Waals surface area (Å²) in [5, 5.41) is 11.7. The first-order chi connectivity index (χ1) is 13.6. The van der Waals surface area contributed by atoms with E-state index in [0.29, 0.717) is 22.6 Å². The normalized spacial score (nSPS) is 12.1. The molecule has 0 aliphatic heterocycles. The Kier molecular flexibility index (Phi) is 7.03. The maximum atomic E-state index is 12.1. The van der Waals surface area contributed by atoms with Crippen LogP contribution in [0.25, 0.3) is 11.3 Å². The number of aliphatic carboxylic acids is 1. The smallest absolute Gasteiger partial charge is 0.408 e. The molecule has 1 heterocycles. The van der Waals surface area contributed by atoms with Crippen LogP contribution in [-0.4, -0.2) is 41.4 Å². The van der Waals surface area contributed by atoms with Gasteiger partial charge in [0.25, 0.3) is 0 Å². The number of amides is 1. The summed E-state index contributed by atoms with van der Waals surface area (Å²) in [5.74, 6) is -0.969. The summed E-state index contributed by atoms with van der Waals surface area (Å²) in [4.78, 5) is 35.6. The Labute approximate surface area is 168 Å². The minimum absolute atomic E-state index is 0.0872. The number of furan rings is 1. The third kappa shape index (κ3) is 6.38. The van der Waals surface area contributed by atoms with Crippen LogP contribution in [0.4, 0.5) is 4.79 Å². The van der Waals surface area contributed by atoms with Gasteiger partial charge in [-0.1, -0.05) is 18.2 Å². The zero-order chi connectivity index (χ0) is 21.6. The van der Waals surface area contributed by atoms with Crippen LogP contribution in [0.1, 0.15) is 43.8 Å². The van der Waals surface area contributed by atoms with Gasteiger partial charge in [0.2, 0.25) is 0 Å². The van der Waals surface area contributed by atoms with Crippen LogP contribution in [0.3, 0.4) is 0 Å². The molecule has 8 heteroatoms. The number of nitrogens with one attached hydrogen (secondary N) is 1. The third-order valence-electron chi connectivity index (χ3n) is 3.74.